The lowest BCUT2D eigenvalue weighted by Crippen LogP contribution is -2.37. The minimum atomic E-state index is -1.12. The first kappa shape index (κ1) is 21.4. The first-order valence-corrected chi connectivity index (χ1v) is 9.06. The van der Waals surface area contributed by atoms with E-state index >= 15 is 0 Å². The third kappa shape index (κ3) is 5.82. The van der Waals surface area contributed by atoms with Crippen LogP contribution in [0.4, 0.5) is 4.39 Å². The average molecular weight is 452 g/mol. The summed E-state index contributed by atoms with van der Waals surface area (Å²) < 4.78 is 25.3. The molecule has 0 aliphatic rings. The predicted molar refractivity (Wildman–Crippen MR) is 106 cm³/mol. The normalized spacial score (nSPS) is 11.9. The zero-order valence-corrected chi connectivity index (χ0v) is 16.8. The lowest BCUT2D eigenvalue weighted by atomic mass is 10.1. The van der Waals surface area contributed by atoms with Crippen molar-refractivity contribution in [3.8, 4) is 11.5 Å². The Morgan fingerprint density at radius 2 is 2.04 bits per heavy atom. The molecule has 0 saturated carbocycles. The molecule has 0 radical (unpaired) electrons. The molecular formula is C20H19BrFNO5. The van der Waals surface area contributed by atoms with Crippen molar-refractivity contribution in [2.24, 2.45) is 0 Å². The Labute approximate surface area is 170 Å². The van der Waals surface area contributed by atoms with Crippen LogP contribution >= 0.6 is 15.9 Å². The highest BCUT2D eigenvalue weighted by Gasteiger charge is 2.14. The maximum absolute atomic E-state index is 13.7. The largest absolute Gasteiger partial charge is 0.493 e. The molecule has 1 unspecified atom stereocenters. The predicted octanol–water partition coefficient (Wildman–Crippen LogP) is 3.78. The quantitative estimate of drug-likeness (QED) is 0.596. The second-order valence-corrected chi connectivity index (χ2v) is 6.67. The fraction of sp³-hybridized carbons (Fsp3) is 0.200. The van der Waals surface area contributed by atoms with Gasteiger partial charge in [-0.05, 0) is 52.7 Å². The smallest absolute Gasteiger partial charge is 0.325 e. The van der Waals surface area contributed by atoms with Gasteiger partial charge in [0.25, 0.3) is 0 Å². The van der Waals surface area contributed by atoms with E-state index in [1.165, 1.54) is 32.3 Å². The van der Waals surface area contributed by atoms with E-state index in [9.17, 15) is 14.0 Å². The van der Waals surface area contributed by atoms with Gasteiger partial charge >= 0.3 is 5.97 Å². The van der Waals surface area contributed by atoms with Crippen molar-refractivity contribution in [2.75, 3.05) is 7.11 Å². The highest BCUT2D eigenvalue weighted by atomic mass is 79.9. The van der Waals surface area contributed by atoms with Crippen molar-refractivity contribution in [3.05, 3.63) is 63.9 Å². The minimum Gasteiger partial charge on any atom is -0.493 e. The van der Waals surface area contributed by atoms with Crippen LogP contribution in [0, 0.1) is 5.82 Å². The van der Waals surface area contributed by atoms with Gasteiger partial charge < -0.3 is 19.9 Å². The number of amides is 1. The Balaban J connectivity index is 2.14. The van der Waals surface area contributed by atoms with Crippen LogP contribution in [0.25, 0.3) is 6.08 Å². The Kier molecular flexibility index (Phi) is 7.57. The van der Waals surface area contributed by atoms with Gasteiger partial charge in [-0.2, -0.15) is 0 Å². The van der Waals surface area contributed by atoms with Crippen molar-refractivity contribution in [2.45, 2.75) is 19.6 Å². The van der Waals surface area contributed by atoms with Gasteiger partial charge in [-0.3, -0.25) is 9.59 Å². The number of halogens is 2. The molecule has 2 N–H and O–H groups in total. The number of hydrogen-bond donors (Lipinski definition) is 2. The van der Waals surface area contributed by atoms with E-state index < -0.39 is 17.9 Å². The summed E-state index contributed by atoms with van der Waals surface area (Å²) in [6, 6.07) is 8.66. The second kappa shape index (κ2) is 9.89. The summed E-state index contributed by atoms with van der Waals surface area (Å²) in [5.74, 6) is -1.23. The summed E-state index contributed by atoms with van der Waals surface area (Å²) in [7, 11) is 1.46. The number of methoxy groups -OCH3 is 1. The van der Waals surface area contributed by atoms with Crippen molar-refractivity contribution in [1.82, 2.24) is 5.32 Å². The standard InChI is InChI=1S/C20H19BrFNO5/c1-12(20(25)26)23-18(24)8-7-13-9-15(21)19(17(10-13)27-2)28-11-14-5-3-4-6-16(14)22/h3-10,12H,11H2,1-2H3,(H,23,24)(H,25,26)/b8-7+. The number of carboxylic acids is 1. The van der Waals surface area contributed by atoms with Gasteiger partial charge in [0, 0.05) is 11.6 Å². The molecule has 0 aliphatic carbocycles. The van der Waals surface area contributed by atoms with Crippen LogP contribution in [0.2, 0.25) is 0 Å². The molecular weight excluding hydrogens is 433 g/mol. The summed E-state index contributed by atoms with van der Waals surface area (Å²) in [6.07, 6.45) is 2.73. The number of nitrogens with one attached hydrogen (secondary N) is 1. The molecule has 0 aliphatic heterocycles. The second-order valence-electron chi connectivity index (χ2n) is 5.82. The van der Waals surface area contributed by atoms with Crippen molar-refractivity contribution < 1.29 is 28.6 Å². The van der Waals surface area contributed by atoms with Crippen LogP contribution < -0.4 is 14.8 Å². The first-order chi connectivity index (χ1) is 13.3. The van der Waals surface area contributed by atoms with E-state index in [-0.39, 0.29) is 12.4 Å². The molecule has 28 heavy (non-hydrogen) atoms. The van der Waals surface area contributed by atoms with Crippen LogP contribution in [0.5, 0.6) is 11.5 Å². The molecule has 2 rings (SSSR count). The number of carboxylic acid groups (broad SMARTS) is 1. The third-order valence-electron chi connectivity index (χ3n) is 3.74. The number of carbonyl (C=O) groups is 2. The van der Waals surface area contributed by atoms with E-state index in [4.69, 9.17) is 14.6 Å². The molecule has 0 bridgehead atoms. The molecule has 2 aromatic rings. The summed E-state index contributed by atoms with van der Waals surface area (Å²) in [5.41, 5.74) is 1.03. The van der Waals surface area contributed by atoms with Gasteiger partial charge in [0.1, 0.15) is 18.5 Å². The maximum Gasteiger partial charge on any atom is 0.325 e. The molecule has 0 fully saturated rings. The third-order valence-corrected chi connectivity index (χ3v) is 4.33. The van der Waals surface area contributed by atoms with Crippen molar-refractivity contribution in [3.63, 3.8) is 0 Å². The summed E-state index contributed by atoms with van der Waals surface area (Å²) in [5, 5.41) is 11.1. The van der Waals surface area contributed by atoms with Gasteiger partial charge in [0.2, 0.25) is 5.91 Å². The number of hydrogen-bond acceptors (Lipinski definition) is 4. The van der Waals surface area contributed by atoms with Gasteiger partial charge in [0.15, 0.2) is 11.5 Å². The monoisotopic (exact) mass is 451 g/mol. The molecule has 0 aromatic heterocycles. The van der Waals surface area contributed by atoms with Crippen LogP contribution in [0.15, 0.2) is 46.9 Å². The molecule has 0 saturated heterocycles. The van der Waals surface area contributed by atoms with E-state index in [0.717, 1.165) is 0 Å². The van der Waals surface area contributed by atoms with Gasteiger partial charge in [-0.15, -0.1) is 0 Å². The SMILES string of the molecule is COc1cc(/C=C/C(=O)NC(C)C(=O)O)cc(Br)c1OCc1ccccc1F. The molecule has 8 heteroatoms. The lowest BCUT2D eigenvalue weighted by molar-refractivity contribution is -0.140. The molecule has 2 aromatic carbocycles. The molecule has 6 nitrogen and oxygen atoms in total. The number of rotatable bonds is 8. The zero-order valence-electron chi connectivity index (χ0n) is 15.2. The Bertz CT molecular complexity index is 900. The van der Waals surface area contributed by atoms with Crippen molar-refractivity contribution in [1.29, 1.82) is 0 Å². The summed E-state index contributed by atoms with van der Waals surface area (Å²) in [4.78, 5) is 22.5. The van der Waals surface area contributed by atoms with Crippen LogP contribution in [0.3, 0.4) is 0 Å². The van der Waals surface area contributed by atoms with E-state index in [1.54, 1.807) is 30.3 Å². The first-order valence-electron chi connectivity index (χ1n) is 8.27. The van der Waals surface area contributed by atoms with Crippen LogP contribution in [0.1, 0.15) is 18.1 Å². The van der Waals surface area contributed by atoms with E-state index in [2.05, 4.69) is 21.2 Å². The Hall–Kier alpha value is -2.87. The van der Waals surface area contributed by atoms with E-state index in [0.29, 0.717) is 27.1 Å². The highest BCUT2D eigenvalue weighted by molar-refractivity contribution is 9.10. The lowest BCUT2D eigenvalue weighted by Gasteiger charge is -2.14. The fourth-order valence-corrected chi connectivity index (χ4v) is 2.81. The topological polar surface area (TPSA) is 84.9 Å². The summed E-state index contributed by atoms with van der Waals surface area (Å²) >= 11 is 3.39. The number of ether oxygens (including phenoxy) is 2. The molecule has 0 spiro atoms. The highest BCUT2D eigenvalue weighted by Crippen LogP contribution is 2.37. The van der Waals surface area contributed by atoms with Gasteiger partial charge in [-0.1, -0.05) is 18.2 Å². The molecule has 1 atom stereocenters. The Morgan fingerprint density at radius 1 is 1.32 bits per heavy atom. The van der Waals surface area contributed by atoms with Crippen LogP contribution in [-0.2, 0) is 16.2 Å². The fourth-order valence-electron chi connectivity index (χ4n) is 2.24. The summed E-state index contributed by atoms with van der Waals surface area (Å²) in [6.45, 7) is 1.39. The number of aliphatic carboxylic acids is 1. The maximum atomic E-state index is 13.7. The number of benzene rings is 2. The van der Waals surface area contributed by atoms with E-state index in [1.807, 2.05) is 0 Å². The minimum absolute atomic E-state index is 0.0201. The van der Waals surface area contributed by atoms with Crippen LogP contribution in [-0.4, -0.2) is 30.1 Å². The average Bonchev–Trinajstić information content (AvgIpc) is 2.66. The van der Waals surface area contributed by atoms with Gasteiger partial charge in [-0.25, -0.2) is 4.39 Å². The van der Waals surface area contributed by atoms with Crippen molar-refractivity contribution >= 4 is 33.9 Å². The zero-order chi connectivity index (χ0) is 20.7. The van der Waals surface area contributed by atoms with Gasteiger partial charge in [0.05, 0.1) is 11.6 Å². The molecule has 0 heterocycles. The Morgan fingerprint density at radius 3 is 2.68 bits per heavy atom. The number of carbonyl (C=O) groups excluding carboxylic acids is 1. The molecule has 1 amide bonds. The molecule has 148 valence electrons.